The second kappa shape index (κ2) is 3.26. The van der Waals surface area contributed by atoms with Gasteiger partial charge in [-0.3, -0.25) is 0 Å². The van der Waals surface area contributed by atoms with Crippen molar-refractivity contribution in [3.8, 4) is 6.07 Å². The summed E-state index contributed by atoms with van der Waals surface area (Å²) in [6, 6.07) is 2.10. The number of hydrogen-bond acceptors (Lipinski definition) is 4. The molecule has 1 aliphatic heterocycles. The third-order valence-electron chi connectivity index (χ3n) is 3.03. The van der Waals surface area contributed by atoms with Crippen LogP contribution in [0, 0.1) is 23.2 Å². The predicted octanol–water partition coefficient (Wildman–Crippen LogP) is 0.268. The molecule has 4 heteroatoms. The maximum atomic E-state index is 9.71. The van der Waals surface area contributed by atoms with Gasteiger partial charge < -0.3 is 14.6 Å². The molecule has 1 heterocycles. The summed E-state index contributed by atoms with van der Waals surface area (Å²) in [4.78, 5) is 0. The molecule has 0 aromatic carbocycles. The lowest BCUT2D eigenvalue weighted by Crippen LogP contribution is -2.22. The minimum atomic E-state index is -0.532. The van der Waals surface area contributed by atoms with Crippen LogP contribution in [-0.2, 0) is 9.47 Å². The summed E-state index contributed by atoms with van der Waals surface area (Å²) in [5.74, 6) is -0.164. The first kappa shape index (κ1) is 8.95. The van der Waals surface area contributed by atoms with E-state index < -0.39 is 6.10 Å². The highest BCUT2D eigenvalue weighted by Crippen LogP contribution is 2.42. The highest BCUT2D eigenvalue weighted by Gasteiger charge is 2.49. The molecule has 2 aliphatic rings. The lowest BCUT2D eigenvalue weighted by Gasteiger charge is -2.13. The first-order valence-electron chi connectivity index (χ1n) is 4.52. The number of ether oxygens (including phenoxy) is 2. The van der Waals surface area contributed by atoms with Crippen LogP contribution in [0.3, 0.4) is 0 Å². The zero-order chi connectivity index (χ0) is 9.42. The highest BCUT2D eigenvalue weighted by atomic mass is 16.7. The number of aliphatic hydroxyl groups is 1. The number of methoxy groups -OCH3 is 1. The van der Waals surface area contributed by atoms with Gasteiger partial charge in [-0.05, 0) is 6.42 Å². The van der Waals surface area contributed by atoms with Gasteiger partial charge in [0, 0.05) is 19.4 Å². The van der Waals surface area contributed by atoms with Crippen LogP contribution < -0.4 is 0 Å². The molecule has 0 radical (unpaired) electrons. The summed E-state index contributed by atoms with van der Waals surface area (Å²) in [5.41, 5.74) is 0. The molecule has 5 atom stereocenters. The number of fused-ring (bicyclic) bond motifs is 1. The van der Waals surface area contributed by atoms with Crippen LogP contribution in [-0.4, -0.2) is 30.7 Å². The zero-order valence-corrected chi connectivity index (χ0v) is 7.51. The summed E-state index contributed by atoms with van der Waals surface area (Å²) in [6.07, 6.45) is 0.645. The van der Waals surface area contributed by atoms with E-state index in [0.717, 1.165) is 0 Å². The van der Waals surface area contributed by atoms with Gasteiger partial charge in [0.15, 0.2) is 6.29 Å². The molecule has 1 saturated heterocycles. The normalized spacial score (nSPS) is 48.8. The molecule has 5 unspecified atom stereocenters. The van der Waals surface area contributed by atoms with Crippen LogP contribution in [0.4, 0.5) is 0 Å². The number of hydrogen-bond donors (Lipinski definition) is 1. The average Bonchev–Trinajstić information content (AvgIpc) is 2.65. The van der Waals surface area contributed by atoms with E-state index in [0.29, 0.717) is 12.8 Å². The van der Waals surface area contributed by atoms with Gasteiger partial charge in [-0.25, -0.2) is 0 Å². The Kier molecular flexibility index (Phi) is 2.24. The van der Waals surface area contributed by atoms with Gasteiger partial charge in [-0.2, -0.15) is 5.26 Å². The minimum Gasteiger partial charge on any atom is -0.391 e. The van der Waals surface area contributed by atoms with E-state index in [1.54, 1.807) is 7.11 Å². The molecule has 0 amide bonds. The molecular formula is C9H13NO3. The Morgan fingerprint density at radius 2 is 2.31 bits per heavy atom. The lowest BCUT2D eigenvalue weighted by atomic mass is 9.99. The number of rotatable bonds is 1. The Hall–Kier alpha value is -0.630. The maximum Gasteiger partial charge on any atom is 0.158 e. The highest BCUT2D eigenvalue weighted by molar-refractivity contribution is 5.03. The molecule has 0 aromatic heterocycles. The fourth-order valence-electron chi connectivity index (χ4n) is 2.28. The summed E-state index contributed by atoms with van der Waals surface area (Å²) in [5, 5.41) is 18.4. The Morgan fingerprint density at radius 1 is 1.54 bits per heavy atom. The molecule has 13 heavy (non-hydrogen) atoms. The van der Waals surface area contributed by atoms with Gasteiger partial charge in [0.1, 0.15) is 0 Å². The van der Waals surface area contributed by atoms with Crippen LogP contribution in [0.25, 0.3) is 0 Å². The third kappa shape index (κ3) is 1.33. The molecular weight excluding hydrogens is 170 g/mol. The molecule has 72 valence electrons. The van der Waals surface area contributed by atoms with Crippen molar-refractivity contribution in [3.05, 3.63) is 0 Å². The molecule has 1 N–H and O–H groups in total. The van der Waals surface area contributed by atoms with Crippen LogP contribution in [0.15, 0.2) is 0 Å². The van der Waals surface area contributed by atoms with E-state index in [-0.39, 0.29) is 24.2 Å². The first-order chi connectivity index (χ1) is 6.26. The van der Waals surface area contributed by atoms with Gasteiger partial charge in [-0.15, -0.1) is 0 Å². The van der Waals surface area contributed by atoms with Crippen molar-refractivity contribution in [2.75, 3.05) is 7.11 Å². The van der Waals surface area contributed by atoms with Gasteiger partial charge in [-0.1, -0.05) is 0 Å². The molecule has 0 aromatic rings. The zero-order valence-electron chi connectivity index (χ0n) is 7.51. The van der Waals surface area contributed by atoms with Crippen LogP contribution in [0.1, 0.15) is 12.8 Å². The van der Waals surface area contributed by atoms with E-state index >= 15 is 0 Å². The fraction of sp³-hybridized carbons (Fsp3) is 0.889. The molecule has 2 rings (SSSR count). The van der Waals surface area contributed by atoms with E-state index in [9.17, 15) is 5.11 Å². The maximum absolute atomic E-state index is 9.71. The Labute approximate surface area is 77.1 Å². The van der Waals surface area contributed by atoms with Crippen LogP contribution in [0.5, 0.6) is 0 Å². The van der Waals surface area contributed by atoms with Crippen molar-refractivity contribution in [1.82, 2.24) is 0 Å². The smallest absolute Gasteiger partial charge is 0.158 e. The van der Waals surface area contributed by atoms with Crippen LogP contribution in [0.2, 0.25) is 0 Å². The van der Waals surface area contributed by atoms with Gasteiger partial charge >= 0.3 is 0 Å². The molecule has 4 nitrogen and oxygen atoms in total. The van der Waals surface area contributed by atoms with E-state index in [4.69, 9.17) is 14.7 Å². The number of aliphatic hydroxyl groups excluding tert-OH is 1. The lowest BCUT2D eigenvalue weighted by molar-refractivity contribution is -0.115. The summed E-state index contributed by atoms with van der Waals surface area (Å²) in [6.45, 7) is 0. The van der Waals surface area contributed by atoms with Crippen molar-refractivity contribution in [2.45, 2.75) is 31.3 Å². The Morgan fingerprint density at radius 3 is 2.85 bits per heavy atom. The van der Waals surface area contributed by atoms with Crippen LogP contribution >= 0.6 is 0 Å². The quantitative estimate of drug-likeness (QED) is 0.633. The van der Waals surface area contributed by atoms with Crippen molar-refractivity contribution in [2.24, 2.45) is 11.8 Å². The Balaban J connectivity index is 2.03. The summed E-state index contributed by atoms with van der Waals surface area (Å²) < 4.78 is 10.6. The molecule has 0 bridgehead atoms. The second-order valence-electron chi connectivity index (χ2n) is 3.70. The summed E-state index contributed by atoms with van der Waals surface area (Å²) >= 11 is 0. The number of nitrogens with zero attached hydrogens (tertiary/aromatic N) is 1. The first-order valence-corrected chi connectivity index (χ1v) is 4.52. The molecule has 1 saturated carbocycles. The SMILES string of the molecule is COC1CC2C(CC(C#N)C2O)O1. The van der Waals surface area contributed by atoms with E-state index in [1.807, 2.05) is 0 Å². The summed E-state index contributed by atoms with van der Waals surface area (Å²) in [7, 11) is 1.60. The number of nitriles is 1. The van der Waals surface area contributed by atoms with Gasteiger partial charge in [0.2, 0.25) is 0 Å². The predicted molar refractivity (Wildman–Crippen MR) is 43.5 cm³/mol. The fourth-order valence-corrected chi connectivity index (χ4v) is 2.28. The molecule has 2 fully saturated rings. The minimum absolute atomic E-state index is 0.0181. The van der Waals surface area contributed by atoms with Crippen molar-refractivity contribution >= 4 is 0 Å². The standard InChI is InChI=1S/C9H13NO3/c1-12-8-3-6-7(13-8)2-5(4-10)9(6)11/h5-9,11H,2-3H2,1H3. The third-order valence-corrected chi connectivity index (χ3v) is 3.03. The average molecular weight is 183 g/mol. The van der Waals surface area contributed by atoms with Crippen molar-refractivity contribution in [1.29, 1.82) is 5.26 Å². The largest absolute Gasteiger partial charge is 0.391 e. The Bertz CT molecular complexity index is 238. The second-order valence-corrected chi connectivity index (χ2v) is 3.70. The van der Waals surface area contributed by atoms with Crippen molar-refractivity contribution in [3.63, 3.8) is 0 Å². The van der Waals surface area contributed by atoms with Gasteiger partial charge in [0.25, 0.3) is 0 Å². The monoisotopic (exact) mass is 183 g/mol. The topological polar surface area (TPSA) is 62.5 Å². The van der Waals surface area contributed by atoms with Crippen molar-refractivity contribution < 1.29 is 14.6 Å². The van der Waals surface area contributed by atoms with E-state index in [1.165, 1.54) is 0 Å². The van der Waals surface area contributed by atoms with E-state index in [2.05, 4.69) is 6.07 Å². The molecule has 0 spiro atoms. The molecule has 1 aliphatic carbocycles. The van der Waals surface area contributed by atoms with Gasteiger partial charge in [0.05, 0.1) is 24.2 Å².